The molecule has 1 N–H and O–H groups in total. The van der Waals surface area contributed by atoms with Gasteiger partial charge in [-0.25, -0.2) is 4.68 Å². The minimum Gasteiger partial charge on any atom is -0.334 e. The molecule has 0 unspecified atom stereocenters. The third-order valence-electron chi connectivity index (χ3n) is 4.70. The number of hydrogen-bond donors (Lipinski definition) is 1. The number of benzene rings is 1. The molecule has 1 fully saturated rings. The lowest BCUT2D eigenvalue weighted by Crippen LogP contribution is -2.45. The van der Waals surface area contributed by atoms with Crippen molar-refractivity contribution in [2.24, 2.45) is 0 Å². The van der Waals surface area contributed by atoms with E-state index >= 15 is 0 Å². The van der Waals surface area contributed by atoms with Crippen LogP contribution in [0.25, 0.3) is 5.69 Å². The van der Waals surface area contributed by atoms with Gasteiger partial charge in [0.15, 0.2) is 0 Å². The third-order valence-corrected chi connectivity index (χ3v) is 4.70. The van der Waals surface area contributed by atoms with Gasteiger partial charge in [-0.3, -0.25) is 4.79 Å². The molecule has 2 aromatic rings. The molecule has 0 spiro atoms. The zero-order valence-corrected chi connectivity index (χ0v) is 14.1. The monoisotopic (exact) mass is 362 g/mol. The Kier molecular flexibility index (Phi) is 4.48. The molecule has 5 nitrogen and oxygen atoms in total. The quantitative estimate of drug-likeness (QED) is 0.904. The van der Waals surface area contributed by atoms with E-state index in [0.717, 1.165) is 25.0 Å². The summed E-state index contributed by atoms with van der Waals surface area (Å²) in [7, 11) is 0. The molecule has 1 amide bonds. The Morgan fingerprint density at radius 2 is 2.04 bits per heavy atom. The van der Waals surface area contributed by atoms with E-state index in [4.69, 9.17) is 0 Å². The highest BCUT2D eigenvalue weighted by Gasteiger charge is 2.36. The lowest BCUT2D eigenvalue weighted by Gasteiger charge is -2.21. The lowest BCUT2D eigenvalue weighted by atomic mass is 9.99. The van der Waals surface area contributed by atoms with E-state index in [2.05, 4.69) is 16.5 Å². The lowest BCUT2D eigenvalue weighted by molar-refractivity contribution is -0.137. The molecule has 8 heteroatoms. The molecular weight excluding hydrogens is 345 g/mol. The van der Waals surface area contributed by atoms with Crippen molar-refractivity contribution in [2.75, 3.05) is 0 Å². The summed E-state index contributed by atoms with van der Waals surface area (Å²) in [6, 6.07) is 6.92. The van der Waals surface area contributed by atoms with Gasteiger partial charge < -0.3 is 5.32 Å². The van der Waals surface area contributed by atoms with Gasteiger partial charge in [0.2, 0.25) is 0 Å². The smallest absolute Gasteiger partial charge is 0.334 e. The third kappa shape index (κ3) is 3.29. The van der Waals surface area contributed by atoms with E-state index in [-0.39, 0.29) is 11.3 Å². The van der Waals surface area contributed by atoms with Crippen LogP contribution in [0.4, 0.5) is 13.2 Å². The van der Waals surface area contributed by atoms with Gasteiger partial charge in [0.1, 0.15) is 5.54 Å². The molecule has 1 aliphatic rings. The van der Waals surface area contributed by atoms with Crippen LogP contribution in [0.15, 0.2) is 30.5 Å². The van der Waals surface area contributed by atoms with Crippen LogP contribution in [-0.4, -0.2) is 21.2 Å². The van der Waals surface area contributed by atoms with Crippen LogP contribution in [0, 0.1) is 18.3 Å². The van der Waals surface area contributed by atoms with E-state index in [1.54, 1.807) is 6.92 Å². The zero-order valence-electron chi connectivity index (χ0n) is 14.1. The first kappa shape index (κ1) is 18.0. The number of carbonyl (C=O) groups excluding carboxylic acids is 1. The number of amides is 1. The Hall–Kier alpha value is -2.82. The Morgan fingerprint density at radius 3 is 2.65 bits per heavy atom. The van der Waals surface area contributed by atoms with Crippen molar-refractivity contribution in [1.29, 1.82) is 5.26 Å². The van der Waals surface area contributed by atoms with Crippen LogP contribution in [0.2, 0.25) is 0 Å². The van der Waals surface area contributed by atoms with Gasteiger partial charge in [-0.2, -0.15) is 23.5 Å². The van der Waals surface area contributed by atoms with Crippen LogP contribution in [0.5, 0.6) is 0 Å². The molecule has 0 saturated heterocycles. The summed E-state index contributed by atoms with van der Waals surface area (Å²) < 4.78 is 40.0. The molecule has 136 valence electrons. The average Bonchev–Trinajstić information content (AvgIpc) is 3.21. The number of nitrogens with one attached hydrogen (secondary N) is 1. The first-order chi connectivity index (χ1) is 12.3. The maximum Gasteiger partial charge on any atom is 0.416 e. The summed E-state index contributed by atoms with van der Waals surface area (Å²) >= 11 is 0. The fourth-order valence-electron chi connectivity index (χ4n) is 3.23. The largest absolute Gasteiger partial charge is 0.416 e. The second-order valence-corrected chi connectivity index (χ2v) is 6.46. The zero-order chi connectivity index (χ0) is 18.9. The van der Waals surface area contributed by atoms with Crippen LogP contribution in [0.3, 0.4) is 0 Å². The van der Waals surface area contributed by atoms with Gasteiger partial charge in [0, 0.05) is 0 Å². The molecule has 1 aliphatic carbocycles. The van der Waals surface area contributed by atoms with Crippen LogP contribution in [-0.2, 0) is 6.18 Å². The fourth-order valence-corrected chi connectivity index (χ4v) is 3.23. The van der Waals surface area contributed by atoms with Crippen LogP contribution >= 0.6 is 0 Å². The molecule has 1 aromatic heterocycles. The summed E-state index contributed by atoms with van der Waals surface area (Å²) in [5.74, 6) is -0.441. The predicted octanol–water partition coefficient (Wildman–Crippen LogP) is 3.77. The Bertz CT molecular complexity index is 873. The topological polar surface area (TPSA) is 70.7 Å². The van der Waals surface area contributed by atoms with E-state index in [1.807, 2.05) is 0 Å². The second-order valence-electron chi connectivity index (χ2n) is 6.46. The molecule has 26 heavy (non-hydrogen) atoms. The number of halogens is 3. The van der Waals surface area contributed by atoms with Crippen molar-refractivity contribution in [3.63, 3.8) is 0 Å². The van der Waals surface area contributed by atoms with E-state index in [0.29, 0.717) is 18.5 Å². The number of rotatable bonds is 3. The molecule has 0 aliphatic heterocycles. The van der Waals surface area contributed by atoms with Gasteiger partial charge in [-0.05, 0) is 50.8 Å². The van der Waals surface area contributed by atoms with Crippen molar-refractivity contribution in [1.82, 2.24) is 15.1 Å². The van der Waals surface area contributed by atoms with Crippen LogP contribution < -0.4 is 5.32 Å². The maximum atomic E-state index is 12.9. The van der Waals surface area contributed by atoms with Crippen molar-refractivity contribution in [3.05, 3.63) is 47.3 Å². The number of carbonyl (C=O) groups is 1. The Labute approximate surface area is 148 Å². The SMILES string of the molecule is Cc1c(C(=O)NC2(C#N)CCCC2)cnn1-c1cccc(C(F)(F)F)c1. The van der Waals surface area contributed by atoms with Crippen LogP contribution in [0.1, 0.15) is 47.3 Å². The normalized spacial score (nSPS) is 16.3. The second kappa shape index (κ2) is 6.48. The van der Waals surface area contributed by atoms with Gasteiger partial charge >= 0.3 is 6.18 Å². The molecular formula is C18H17F3N4O. The first-order valence-corrected chi connectivity index (χ1v) is 8.22. The summed E-state index contributed by atoms with van der Waals surface area (Å²) in [6.07, 6.45) is -0.220. The Balaban J connectivity index is 1.89. The molecule has 3 rings (SSSR count). The maximum absolute atomic E-state index is 12.9. The van der Waals surface area contributed by atoms with Crippen molar-refractivity contribution >= 4 is 5.91 Å². The molecule has 0 bridgehead atoms. The van der Waals surface area contributed by atoms with Crippen molar-refractivity contribution in [3.8, 4) is 11.8 Å². The summed E-state index contributed by atoms with van der Waals surface area (Å²) in [4.78, 5) is 12.6. The highest BCUT2D eigenvalue weighted by atomic mass is 19.4. The highest BCUT2D eigenvalue weighted by Crippen LogP contribution is 2.31. The summed E-state index contributed by atoms with van der Waals surface area (Å²) in [6.45, 7) is 1.61. The Morgan fingerprint density at radius 1 is 1.35 bits per heavy atom. The van der Waals surface area contributed by atoms with E-state index < -0.39 is 23.2 Å². The summed E-state index contributed by atoms with van der Waals surface area (Å²) in [5.41, 5.74) is -0.795. The molecule has 1 heterocycles. The van der Waals surface area contributed by atoms with Gasteiger partial charge in [0.25, 0.3) is 5.91 Å². The van der Waals surface area contributed by atoms with E-state index in [1.165, 1.54) is 23.0 Å². The number of hydrogen-bond acceptors (Lipinski definition) is 3. The number of alkyl halides is 3. The molecule has 1 aromatic carbocycles. The van der Waals surface area contributed by atoms with Crippen molar-refractivity contribution in [2.45, 2.75) is 44.3 Å². The average molecular weight is 362 g/mol. The molecule has 1 saturated carbocycles. The highest BCUT2D eigenvalue weighted by molar-refractivity contribution is 5.96. The van der Waals surface area contributed by atoms with Crippen molar-refractivity contribution < 1.29 is 18.0 Å². The molecule has 0 radical (unpaired) electrons. The number of nitrogens with zero attached hydrogens (tertiary/aromatic N) is 3. The van der Waals surface area contributed by atoms with Gasteiger partial charge in [-0.1, -0.05) is 6.07 Å². The van der Waals surface area contributed by atoms with Gasteiger partial charge in [-0.15, -0.1) is 0 Å². The first-order valence-electron chi connectivity index (χ1n) is 8.22. The number of aromatic nitrogens is 2. The van der Waals surface area contributed by atoms with E-state index in [9.17, 15) is 23.2 Å². The minimum absolute atomic E-state index is 0.215. The summed E-state index contributed by atoms with van der Waals surface area (Å²) in [5, 5.41) is 16.2. The standard InChI is InChI=1S/C18H17F3N4O/c1-12-15(16(26)24-17(11-22)7-2-3-8-17)10-23-25(12)14-6-4-5-13(9-14)18(19,20)21/h4-6,9-10H,2-3,7-8H2,1H3,(H,24,26). The van der Waals surface area contributed by atoms with Gasteiger partial charge in [0.05, 0.1) is 34.8 Å². The minimum atomic E-state index is -4.46. The predicted molar refractivity (Wildman–Crippen MR) is 87.6 cm³/mol. The number of nitriles is 1. The molecule has 0 atom stereocenters. The fraction of sp³-hybridized carbons (Fsp3) is 0.389.